The van der Waals surface area contributed by atoms with E-state index in [-0.39, 0.29) is 0 Å². The zero-order valence-electron chi connectivity index (χ0n) is 22.4. The molecule has 41 heavy (non-hydrogen) atoms. The van der Waals surface area contributed by atoms with E-state index < -0.39 is 0 Å². The Labute approximate surface area is 237 Å². The monoisotopic (exact) mass is 527 g/mol. The number of hydrogen-bond donors (Lipinski definition) is 0. The second-order valence-corrected chi connectivity index (χ2v) is 10.3. The van der Waals surface area contributed by atoms with Crippen LogP contribution in [-0.2, 0) is 7.05 Å². The van der Waals surface area contributed by atoms with Gasteiger partial charge >= 0.3 is 0 Å². The normalized spacial score (nSPS) is 11.5. The Kier molecular flexibility index (Phi) is 5.28. The van der Waals surface area contributed by atoms with E-state index in [2.05, 4.69) is 117 Å². The Morgan fingerprint density at radius 1 is 0.561 bits per heavy atom. The minimum Gasteiger partial charge on any atom is -0.327 e. The number of aryl methyl sites for hydroxylation is 1. The molecule has 194 valence electrons. The van der Waals surface area contributed by atoms with Crippen LogP contribution in [0.3, 0.4) is 0 Å². The van der Waals surface area contributed by atoms with E-state index in [1.54, 1.807) is 0 Å². The lowest BCUT2D eigenvalue weighted by Crippen LogP contribution is -1.97. The molecule has 8 aromatic rings. The van der Waals surface area contributed by atoms with Gasteiger partial charge in [0.05, 0.1) is 27.8 Å². The molecule has 0 bridgehead atoms. The summed E-state index contributed by atoms with van der Waals surface area (Å²) in [5, 5.41) is 2.42. The van der Waals surface area contributed by atoms with Gasteiger partial charge in [0.2, 0.25) is 0 Å². The summed E-state index contributed by atoms with van der Waals surface area (Å²) in [6, 6.07) is 40.4. The van der Waals surface area contributed by atoms with Crippen LogP contribution in [0.4, 0.5) is 0 Å². The average Bonchev–Trinajstić information content (AvgIpc) is 3.56. The van der Waals surface area contributed by atoms with Crippen molar-refractivity contribution in [1.82, 2.24) is 24.1 Å². The van der Waals surface area contributed by atoms with Crippen LogP contribution in [0.1, 0.15) is 0 Å². The molecule has 0 spiro atoms. The summed E-state index contributed by atoms with van der Waals surface area (Å²) in [5.41, 5.74) is 10.7. The topological polar surface area (TPSA) is 48.5 Å². The summed E-state index contributed by atoms with van der Waals surface area (Å²) in [4.78, 5) is 14.1. The lowest BCUT2D eigenvalue weighted by atomic mass is 10.0. The van der Waals surface area contributed by atoms with Crippen molar-refractivity contribution in [3.8, 4) is 39.5 Å². The highest BCUT2D eigenvalue weighted by Gasteiger charge is 2.17. The summed E-state index contributed by atoms with van der Waals surface area (Å²) >= 11 is 0. The highest BCUT2D eigenvalue weighted by atomic mass is 15.1. The number of benzene rings is 4. The van der Waals surface area contributed by atoms with E-state index in [9.17, 15) is 0 Å². The predicted octanol–water partition coefficient (Wildman–Crippen LogP) is 8.46. The third-order valence-corrected chi connectivity index (χ3v) is 7.85. The largest absolute Gasteiger partial charge is 0.327 e. The number of para-hydroxylation sites is 3. The molecule has 0 saturated carbocycles. The molecule has 0 unspecified atom stereocenters. The van der Waals surface area contributed by atoms with Crippen LogP contribution in [-0.4, -0.2) is 24.1 Å². The molecule has 4 aromatic carbocycles. The fourth-order valence-electron chi connectivity index (χ4n) is 5.91. The maximum Gasteiger partial charge on any atom is 0.140 e. The summed E-state index contributed by atoms with van der Waals surface area (Å²) in [6.45, 7) is 0. The fourth-order valence-corrected chi connectivity index (χ4v) is 5.91. The molecule has 0 amide bonds. The Morgan fingerprint density at radius 2 is 1.37 bits per heavy atom. The third kappa shape index (κ3) is 3.82. The van der Waals surface area contributed by atoms with Gasteiger partial charge in [-0.05, 0) is 66.2 Å². The van der Waals surface area contributed by atoms with Crippen molar-refractivity contribution < 1.29 is 0 Å². The van der Waals surface area contributed by atoms with Crippen LogP contribution in [0.25, 0.3) is 72.3 Å². The number of imidazole rings is 1. The van der Waals surface area contributed by atoms with Crippen LogP contribution in [0.15, 0.2) is 134 Å². The van der Waals surface area contributed by atoms with E-state index in [4.69, 9.17) is 4.98 Å². The minimum atomic E-state index is 0.931. The molecule has 5 nitrogen and oxygen atoms in total. The standard InChI is InChI=1S/C36H25N5/c1-40-34-14-5-3-12-32(34)39-36(40)24-15-16-30-29-10-2-4-13-33(29)41(35(30)22-24)28-20-26(25-9-8-17-37-23-25)19-27(21-28)31-11-6-7-18-38-31/h2-23H,1H3. The first-order chi connectivity index (χ1) is 20.2. The minimum absolute atomic E-state index is 0.931. The molecule has 4 heterocycles. The number of fused-ring (bicyclic) bond motifs is 4. The Balaban J connectivity index is 1.42. The van der Waals surface area contributed by atoms with Crippen LogP contribution < -0.4 is 0 Å². The van der Waals surface area contributed by atoms with Crippen molar-refractivity contribution in [2.24, 2.45) is 7.05 Å². The average molecular weight is 528 g/mol. The quantitative estimate of drug-likeness (QED) is 0.231. The van der Waals surface area contributed by atoms with Crippen molar-refractivity contribution in [1.29, 1.82) is 0 Å². The number of hydrogen-bond acceptors (Lipinski definition) is 3. The Morgan fingerprint density at radius 3 is 2.20 bits per heavy atom. The lowest BCUT2D eigenvalue weighted by molar-refractivity contribution is 0.959. The molecule has 5 heteroatoms. The maximum absolute atomic E-state index is 4.99. The van der Waals surface area contributed by atoms with Gasteiger partial charge in [0.1, 0.15) is 5.82 Å². The number of pyridine rings is 2. The summed E-state index contributed by atoms with van der Waals surface area (Å²) in [7, 11) is 2.08. The Bertz CT molecular complexity index is 2150. The molecule has 0 atom stereocenters. The van der Waals surface area contributed by atoms with Crippen LogP contribution in [0.2, 0.25) is 0 Å². The van der Waals surface area contributed by atoms with Crippen molar-refractivity contribution in [2.75, 3.05) is 0 Å². The SMILES string of the molecule is Cn1c(-c2ccc3c4ccccc4n(-c4cc(-c5cccnc5)cc(-c5ccccn5)c4)c3c2)nc2ccccc21. The van der Waals surface area contributed by atoms with Gasteiger partial charge in [-0.1, -0.05) is 54.6 Å². The first-order valence-electron chi connectivity index (χ1n) is 13.7. The van der Waals surface area contributed by atoms with Gasteiger partial charge in [-0.25, -0.2) is 4.98 Å². The summed E-state index contributed by atoms with van der Waals surface area (Å²) < 4.78 is 4.54. The second-order valence-electron chi connectivity index (χ2n) is 10.3. The molecule has 8 rings (SSSR count). The van der Waals surface area contributed by atoms with E-state index in [1.165, 1.54) is 10.8 Å². The van der Waals surface area contributed by atoms with Gasteiger partial charge in [0.15, 0.2) is 0 Å². The molecule has 0 N–H and O–H groups in total. The lowest BCUT2D eigenvalue weighted by Gasteiger charge is -2.14. The van der Waals surface area contributed by atoms with E-state index in [1.807, 2.05) is 42.9 Å². The highest BCUT2D eigenvalue weighted by molar-refractivity contribution is 6.10. The van der Waals surface area contributed by atoms with Gasteiger partial charge in [-0.2, -0.15) is 0 Å². The smallest absolute Gasteiger partial charge is 0.140 e. The van der Waals surface area contributed by atoms with Gasteiger partial charge in [0.25, 0.3) is 0 Å². The first kappa shape index (κ1) is 23.3. The number of nitrogens with zero attached hydrogens (tertiary/aromatic N) is 5. The molecule has 0 fully saturated rings. The van der Waals surface area contributed by atoms with Gasteiger partial charge < -0.3 is 9.13 Å². The Hall–Kier alpha value is -5.55. The highest BCUT2D eigenvalue weighted by Crippen LogP contribution is 2.37. The molecule has 0 saturated heterocycles. The van der Waals surface area contributed by atoms with E-state index >= 15 is 0 Å². The maximum atomic E-state index is 4.99. The van der Waals surface area contributed by atoms with Crippen molar-refractivity contribution in [3.05, 3.63) is 134 Å². The molecular weight excluding hydrogens is 502 g/mol. The van der Waals surface area contributed by atoms with Crippen molar-refractivity contribution in [2.45, 2.75) is 0 Å². The zero-order valence-corrected chi connectivity index (χ0v) is 22.4. The molecule has 4 aromatic heterocycles. The van der Waals surface area contributed by atoms with Gasteiger partial charge in [-0.3, -0.25) is 9.97 Å². The molecule has 0 aliphatic heterocycles. The fraction of sp³-hybridized carbons (Fsp3) is 0.0278. The van der Waals surface area contributed by atoms with Crippen LogP contribution in [0.5, 0.6) is 0 Å². The second kappa shape index (κ2) is 9.28. The van der Waals surface area contributed by atoms with Crippen LogP contribution >= 0.6 is 0 Å². The summed E-state index contributed by atoms with van der Waals surface area (Å²) in [5.74, 6) is 0.947. The molecule has 0 radical (unpaired) electrons. The van der Waals surface area contributed by atoms with E-state index in [0.717, 1.165) is 61.5 Å². The van der Waals surface area contributed by atoms with Gasteiger partial charge in [0, 0.05) is 58.8 Å². The zero-order chi connectivity index (χ0) is 27.3. The van der Waals surface area contributed by atoms with Gasteiger partial charge in [-0.15, -0.1) is 0 Å². The molecule has 0 aliphatic rings. The van der Waals surface area contributed by atoms with Crippen LogP contribution in [0, 0.1) is 0 Å². The molecule has 0 aliphatic carbocycles. The number of rotatable bonds is 4. The third-order valence-electron chi connectivity index (χ3n) is 7.85. The van der Waals surface area contributed by atoms with E-state index in [0.29, 0.717) is 0 Å². The number of aromatic nitrogens is 5. The first-order valence-corrected chi connectivity index (χ1v) is 13.7. The predicted molar refractivity (Wildman–Crippen MR) is 167 cm³/mol. The van der Waals surface area contributed by atoms with Crippen molar-refractivity contribution >= 4 is 32.8 Å². The molecular formula is C36H25N5. The van der Waals surface area contributed by atoms with Crippen molar-refractivity contribution in [3.63, 3.8) is 0 Å². The summed E-state index contributed by atoms with van der Waals surface area (Å²) in [6.07, 6.45) is 5.56.